The molecule has 0 saturated heterocycles. The second kappa shape index (κ2) is 12.5. The number of carbonyl (C=O) groups excluding carboxylic acids is 2. The van der Waals surface area contributed by atoms with Gasteiger partial charge in [-0.1, -0.05) is 61.5 Å². The number of sulfonamides is 1. The van der Waals surface area contributed by atoms with Crippen LogP contribution in [0.2, 0.25) is 0 Å². The molecule has 1 N–H and O–H groups in total. The van der Waals surface area contributed by atoms with Gasteiger partial charge in [0.05, 0.1) is 10.6 Å². The molecule has 196 valence electrons. The van der Waals surface area contributed by atoms with Crippen LogP contribution in [0.25, 0.3) is 0 Å². The molecule has 0 unspecified atom stereocenters. The van der Waals surface area contributed by atoms with Crippen LogP contribution in [0.4, 0.5) is 5.69 Å². The van der Waals surface area contributed by atoms with Gasteiger partial charge in [0.1, 0.15) is 12.6 Å². The van der Waals surface area contributed by atoms with Crippen molar-refractivity contribution >= 4 is 27.5 Å². The van der Waals surface area contributed by atoms with Crippen LogP contribution in [0.3, 0.4) is 0 Å². The molecule has 3 rings (SSSR count). The number of hydrogen-bond donors (Lipinski definition) is 1. The number of nitrogens with one attached hydrogen (secondary N) is 1. The van der Waals surface area contributed by atoms with Crippen LogP contribution in [0.5, 0.6) is 0 Å². The molecule has 8 heteroatoms. The zero-order valence-electron chi connectivity index (χ0n) is 21.8. The Morgan fingerprint density at radius 1 is 0.892 bits per heavy atom. The molecule has 7 nitrogen and oxygen atoms in total. The minimum absolute atomic E-state index is 0.0874. The third kappa shape index (κ3) is 6.98. The van der Waals surface area contributed by atoms with Crippen molar-refractivity contribution in [2.75, 3.05) is 17.4 Å². The molecule has 3 aromatic rings. The molecular weight excluding hydrogens is 486 g/mol. The van der Waals surface area contributed by atoms with Gasteiger partial charge < -0.3 is 10.2 Å². The summed E-state index contributed by atoms with van der Waals surface area (Å²) in [4.78, 5) is 28.2. The van der Waals surface area contributed by atoms with Gasteiger partial charge in [0, 0.05) is 13.1 Å². The van der Waals surface area contributed by atoms with Crippen LogP contribution in [0.1, 0.15) is 37.0 Å². The number of rotatable bonds is 11. The number of benzene rings is 3. The number of amides is 2. The predicted molar refractivity (Wildman–Crippen MR) is 147 cm³/mol. The summed E-state index contributed by atoms with van der Waals surface area (Å²) in [6, 6.07) is 21.9. The molecule has 0 radical (unpaired) electrons. The van der Waals surface area contributed by atoms with E-state index in [1.165, 1.54) is 17.0 Å². The summed E-state index contributed by atoms with van der Waals surface area (Å²) in [6.45, 7) is 7.68. The van der Waals surface area contributed by atoms with E-state index >= 15 is 0 Å². The summed E-state index contributed by atoms with van der Waals surface area (Å²) in [6.07, 6.45) is 0.765. The van der Waals surface area contributed by atoms with Gasteiger partial charge in [0.2, 0.25) is 11.8 Å². The maximum Gasteiger partial charge on any atom is 0.264 e. The lowest BCUT2D eigenvalue weighted by atomic mass is 10.1. The largest absolute Gasteiger partial charge is 0.354 e. The van der Waals surface area contributed by atoms with E-state index in [1.54, 1.807) is 37.3 Å². The Kier molecular flexibility index (Phi) is 9.47. The van der Waals surface area contributed by atoms with Crippen LogP contribution in [-0.4, -0.2) is 44.3 Å². The first kappa shape index (κ1) is 27.9. The SMILES string of the molecule is CCCNC(=O)[C@H](C)N(Cc1ccccc1)C(=O)CN(c1ccc(C)c(C)c1)S(=O)(=O)c1ccccc1. The molecule has 0 heterocycles. The third-order valence-electron chi connectivity index (χ3n) is 6.30. The standard InChI is InChI=1S/C29H35N3O4S/c1-5-18-30-29(34)24(4)31(20-25-12-8-6-9-13-25)28(33)21-32(26-17-16-22(2)23(3)19-26)37(35,36)27-14-10-7-11-15-27/h6-17,19,24H,5,18,20-21H2,1-4H3,(H,30,34)/t24-/m0/s1. The first-order chi connectivity index (χ1) is 17.6. The lowest BCUT2D eigenvalue weighted by Crippen LogP contribution is -2.51. The predicted octanol–water partition coefficient (Wildman–Crippen LogP) is 4.44. The van der Waals surface area contributed by atoms with E-state index in [2.05, 4.69) is 5.32 Å². The quantitative estimate of drug-likeness (QED) is 0.404. The third-order valence-corrected chi connectivity index (χ3v) is 8.09. The average Bonchev–Trinajstić information content (AvgIpc) is 2.91. The van der Waals surface area contributed by atoms with E-state index in [9.17, 15) is 18.0 Å². The lowest BCUT2D eigenvalue weighted by Gasteiger charge is -2.32. The zero-order chi connectivity index (χ0) is 27.0. The van der Waals surface area contributed by atoms with Crippen molar-refractivity contribution in [3.63, 3.8) is 0 Å². The van der Waals surface area contributed by atoms with Crippen molar-refractivity contribution < 1.29 is 18.0 Å². The summed E-state index contributed by atoms with van der Waals surface area (Å²) in [5, 5.41) is 2.84. The van der Waals surface area contributed by atoms with Gasteiger partial charge in [-0.15, -0.1) is 0 Å². The van der Waals surface area contributed by atoms with E-state index in [1.807, 2.05) is 57.2 Å². The zero-order valence-corrected chi connectivity index (χ0v) is 22.7. The van der Waals surface area contributed by atoms with Crippen LogP contribution >= 0.6 is 0 Å². The van der Waals surface area contributed by atoms with Gasteiger partial charge >= 0.3 is 0 Å². The molecule has 1 atom stereocenters. The highest BCUT2D eigenvalue weighted by Crippen LogP contribution is 2.26. The van der Waals surface area contributed by atoms with Crippen molar-refractivity contribution in [1.29, 1.82) is 0 Å². The van der Waals surface area contributed by atoms with Gasteiger partial charge in [-0.3, -0.25) is 13.9 Å². The monoisotopic (exact) mass is 521 g/mol. The maximum absolute atomic E-state index is 13.8. The molecule has 0 spiro atoms. The molecule has 0 aromatic heterocycles. The second-order valence-corrected chi connectivity index (χ2v) is 10.9. The molecule has 3 aromatic carbocycles. The Morgan fingerprint density at radius 2 is 1.51 bits per heavy atom. The van der Waals surface area contributed by atoms with E-state index in [0.717, 1.165) is 27.4 Å². The van der Waals surface area contributed by atoms with Gasteiger partial charge in [0.15, 0.2) is 0 Å². The Labute approximate surface area is 220 Å². The van der Waals surface area contributed by atoms with E-state index < -0.39 is 28.5 Å². The fraction of sp³-hybridized carbons (Fsp3) is 0.310. The summed E-state index contributed by atoms with van der Waals surface area (Å²) in [5.41, 5.74) is 3.16. The van der Waals surface area contributed by atoms with Crippen LogP contribution in [0.15, 0.2) is 83.8 Å². The molecule has 0 saturated carbocycles. The van der Waals surface area contributed by atoms with Crippen molar-refractivity contribution in [2.45, 2.75) is 51.6 Å². The molecular formula is C29H35N3O4S. The van der Waals surface area contributed by atoms with Gasteiger partial charge in [-0.2, -0.15) is 0 Å². The smallest absolute Gasteiger partial charge is 0.264 e. The van der Waals surface area contributed by atoms with Crippen LogP contribution in [0, 0.1) is 13.8 Å². The highest BCUT2D eigenvalue weighted by molar-refractivity contribution is 7.92. The van der Waals surface area contributed by atoms with Crippen molar-refractivity contribution in [2.24, 2.45) is 0 Å². The van der Waals surface area contributed by atoms with E-state index in [4.69, 9.17) is 0 Å². The maximum atomic E-state index is 13.8. The molecule has 0 fully saturated rings. The molecule has 0 bridgehead atoms. The Bertz CT molecular complexity index is 1310. The summed E-state index contributed by atoms with van der Waals surface area (Å²) in [7, 11) is -4.06. The number of aryl methyl sites for hydroxylation is 2. The topological polar surface area (TPSA) is 86.8 Å². The fourth-order valence-corrected chi connectivity index (χ4v) is 5.31. The number of anilines is 1. The van der Waals surface area contributed by atoms with Crippen molar-refractivity contribution in [3.8, 4) is 0 Å². The van der Waals surface area contributed by atoms with Crippen molar-refractivity contribution in [1.82, 2.24) is 10.2 Å². The average molecular weight is 522 g/mol. The van der Waals surface area contributed by atoms with Gasteiger partial charge in [-0.05, 0) is 68.1 Å². The summed E-state index contributed by atoms with van der Waals surface area (Å²) < 4.78 is 28.7. The molecule has 2 amide bonds. The molecule has 0 aliphatic carbocycles. The highest BCUT2D eigenvalue weighted by atomic mass is 32.2. The number of hydrogen-bond acceptors (Lipinski definition) is 4. The van der Waals surface area contributed by atoms with Gasteiger partial charge in [0.25, 0.3) is 10.0 Å². The molecule has 0 aliphatic rings. The first-order valence-electron chi connectivity index (χ1n) is 12.4. The molecule has 0 aliphatic heterocycles. The van der Waals surface area contributed by atoms with E-state index in [0.29, 0.717) is 12.2 Å². The van der Waals surface area contributed by atoms with Crippen LogP contribution in [-0.2, 0) is 26.2 Å². The molecule has 37 heavy (non-hydrogen) atoms. The first-order valence-corrected chi connectivity index (χ1v) is 13.8. The van der Waals surface area contributed by atoms with Crippen LogP contribution < -0.4 is 9.62 Å². The Morgan fingerprint density at radius 3 is 2.11 bits per heavy atom. The van der Waals surface area contributed by atoms with Gasteiger partial charge in [-0.25, -0.2) is 8.42 Å². The Hall–Kier alpha value is -3.65. The fourth-order valence-electron chi connectivity index (χ4n) is 3.89. The lowest BCUT2D eigenvalue weighted by molar-refractivity contribution is -0.139. The minimum atomic E-state index is -4.06. The summed E-state index contributed by atoms with van der Waals surface area (Å²) in [5.74, 6) is -0.754. The normalized spacial score (nSPS) is 12.0. The second-order valence-electron chi connectivity index (χ2n) is 9.07. The number of carbonyl (C=O) groups is 2. The number of nitrogens with zero attached hydrogens (tertiary/aromatic N) is 2. The Balaban J connectivity index is 2.02. The summed E-state index contributed by atoms with van der Waals surface area (Å²) >= 11 is 0. The minimum Gasteiger partial charge on any atom is -0.354 e. The highest BCUT2D eigenvalue weighted by Gasteiger charge is 2.32. The van der Waals surface area contributed by atoms with E-state index in [-0.39, 0.29) is 17.3 Å². The van der Waals surface area contributed by atoms with Crippen molar-refractivity contribution in [3.05, 3.63) is 95.6 Å².